The van der Waals surface area contributed by atoms with Crippen LogP contribution in [0.4, 0.5) is 4.39 Å². The van der Waals surface area contributed by atoms with Gasteiger partial charge >= 0.3 is 0 Å². The average Bonchev–Trinajstić information content (AvgIpc) is 2.77. The predicted octanol–water partition coefficient (Wildman–Crippen LogP) is 2.65. The Labute approximate surface area is 200 Å². The first kappa shape index (κ1) is 25.1. The van der Waals surface area contributed by atoms with Crippen LogP contribution >= 0.6 is 11.6 Å². The fourth-order valence-corrected chi connectivity index (χ4v) is 5.41. The number of rotatable bonds is 10. The normalized spacial score (nSPS) is 15.8. The highest BCUT2D eigenvalue weighted by Gasteiger charge is 2.47. The molecule has 2 aromatic rings. The minimum atomic E-state index is -1.46. The van der Waals surface area contributed by atoms with Crippen molar-refractivity contribution in [2.45, 2.75) is 18.2 Å². The van der Waals surface area contributed by atoms with E-state index in [1.54, 1.807) is 23.5 Å². The first-order valence-electron chi connectivity index (χ1n) is 10.5. The Bertz CT molecular complexity index is 1090. The Morgan fingerprint density at radius 1 is 1.33 bits per heavy atom. The number of hydrogen-bond acceptors (Lipinski definition) is 5. The maximum atomic E-state index is 13.9. The predicted molar refractivity (Wildman–Crippen MR) is 125 cm³/mol. The molecule has 0 bridgehead atoms. The van der Waals surface area contributed by atoms with Crippen molar-refractivity contribution in [3.8, 4) is 11.8 Å². The van der Waals surface area contributed by atoms with Crippen LogP contribution in [-0.2, 0) is 22.2 Å². The van der Waals surface area contributed by atoms with Gasteiger partial charge in [-0.1, -0.05) is 24.6 Å². The molecular formula is C23H26ClFN4O3S. The maximum Gasteiger partial charge on any atom is 0.233 e. The summed E-state index contributed by atoms with van der Waals surface area (Å²) in [5, 5.41) is 15.0. The first-order chi connectivity index (χ1) is 15.8. The lowest BCUT2D eigenvalue weighted by Gasteiger charge is -2.48. The summed E-state index contributed by atoms with van der Waals surface area (Å²) in [5.41, 5.74) is 0.487. The standard InChI is InChI=1S/C23H26ClFN4O3S/c1-3-16-4-7-21(19(24)8-16)33(31)29-13-23(14-29,12-28-22(30)11-27-2)15-32-18-6-5-17(10-26)20(25)9-18/h4-9,27H,3,11-15H2,1-2H3,(H,28,30). The van der Waals surface area contributed by atoms with Gasteiger partial charge in [0, 0.05) is 31.1 Å². The maximum absolute atomic E-state index is 13.9. The van der Waals surface area contributed by atoms with Gasteiger partial charge in [-0.15, -0.1) is 0 Å². The van der Waals surface area contributed by atoms with E-state index < -0.39 is 22.2 Å². The number of carbonyl (C=O) groups excluding carboxylic acids is 1. The van der Waals surface area contributed by atoms with Crippen LogP contribution < -0.4 is 15.4 Å². The van der Waals surface area contributed by atoms with Gasteiger partial charge in [0.25, 0.3) is 0 Å². The molecule has 1 saturated heterocycles. The lowest BCUT2D eigenvalue weighted by atomic mass is 9.82. The molecule has 1 fully saturated rings. The van der Waals surface area contributed by atoms with Crippen LogP contribution in [-0.4, -0.2) is 54.3 Å². The number of aryl methyl sites for hydroxylation is 1. The van der Waals surface area contributed by atoms with Crippen molar-refractivity contribution in [2.75, 3.05) is 39.8 Å². The number of hydrogen-bond donors (Lipinski definition) is 2. The van der Waals surface area contributed by atoms with E-state index in [2.05, 4.69) is 10.6 Å². The molecule has 2 aromatic carbocycles. The highest BCUT2D eigenvalue weighted by atomic mass is 35.5. The zero-order valence-corrected chi connectivity index (χ0v) is 20.1. The minimum absolute atomic E-state index is 0.0624. The third kappa shape index (κ3) is 6.09. The smallest absolute Gasteiger partial charge is 0.233 e. The Morgan fingerprint density at radius 3 is 2.70 bits per heavy atom. The third-order valence-corrected chi connectivity index (χ3v) is 7.34. The van der Waals surface area contributed by atoms with Crippen LogP contribution in [0.5, 0.6) is 5.75 Å². The molecule has 0 aliphatic carbocycles. The van der Waals surface area contributed by atoms with Crippen molar-refractivity contribution < 1.29 is 18.1 Å². The summed E-state index contributed by atoms with van der Waals surface area (Å²) in [5.74, 6) is -0.544. The second-order valence-corrected chi connectivity index (χ2v) is 9.88. The lowest BCUT2D eigenvalue weighted by Crippen LogP contribution is -2.63. The molecule has 0 aromatic heterocycles. The van der Waals surface area contributed by atoms with E-state index in [1.807, 2.05) is 19.1 Å². The first-order valence-corrected chi connectivity index (χ1v) is 12.0. The van der Waals surface area contributed by atoms with Crippen LogP contribution in [0.2, 0.25) is 5.02 Å². The third-order valence-electron chi connectivity index (χ3n) is 5.45. The molecule has 1 heterocycles. The van der Waals surface area contributed by atoms with Crippen molar-refractivity contribution in [1.82, 2.24) is 14.9 Å². The topological polar surface area (TPSA) is 94.5 Å². The zero-order valence-electron chi connectivity index (χ0n) is 18.5. The number of nitrogens with zero attached hydrogens (tertiary/aromatic N) is 2. The molecule has 1 amide bonds. The fraction of sp³-hybridized carbons (Fsp3) is 0.391. The number of ether oxygens (including phenoxy) is 1. The molecule has 0 spiro atoms. The average molecular weight is 493 g/mol. The number of amides is 1. The van der Waals surface area contributed by atoms with Gasteiger partial charge in [0.1, 0.15) is 28.6 Å². The van der Waals surface area contributed by atoms with Crippen molar-refractivity contribution in [3.63, 3.8) is 0 Å². The van der Waals surface area contributed by atoms with Gasteiger partial charge in [0.2, 0.25) is 5.91 Å². The van der Waals surface area contributed by atoms with Crippen molar-refractivity contribution >= 4 is 28.5 Å². The molecule has 1 aliphatic rings. The van der Waals surface area contributed by atoms with Crippen molar-refractivity contribution in [2.24, 2.45) is 5.41 Å². The molecule has 2 N–H and O–H groups in total. The summed E-state index contributed by atoms with van der Waals surface area (Å²) >= 11 is 6.35. The molecule has 1 atom stereocenters. The Morgan fingerprint density at radius 2 is 2.09 bits per heavy atom. The summed E-state index contributed by atoms with van der Waals surface area (Å²) in [6.07, 6.45) is 0.832. The van der Waals surface area contributed by atoms with E-state index in [4.69, 9.17) is 21.6 Å². The molecule has 0 saturated carbocycles. The molecule has 1 aliphatic heterocycles. The second kappa shape index (κ2) is 11.1. The molecule has 10 heteroatoms. The van der Waals surface area contributed by atoms with Gasteiger partial charge in [-0.05, 0) is 43.3 Å². The largest absolute Gasteiger partial charge is 0.493 e. The van der Waals surface area contributed by atoms with Crippen LogP contribution in [0.1, 0.15) is 18.1 Å². The number of likely N-dealkylation sites (N-methyl/N-ethyl adjacent to an activating group) is 1. The molecular weight excluding hydrogens is 467 g/mol. The molecule has 176 valence electrons. The summed E-state index contributed by atoms with van der Waals surface area (Å²) in [6.45, 7) is 3.46. The zero-order chi connectivity index (χ0) is 24.0. The Kier molecular flexibility index (Phi) is 8.43. The number of benzene rings is 2. The molecule has 0 radical (unpaired) electrons. The van der Waals surface area contributed by atoms with E-state index >= 15 is 0 Å². The van der Waals surface area contributed by atoms with Crippen LogP contribution in [0.15, 0.2) is 41.3 Å². The van der Waals surface area contributed by atoms with Gasteiger partial charge in [0.05, 0.1) is 28.6 Å². The highest BCUT2D eigenvalue weighted by Crippen LogP contribution is 2.35. The molecule has 33 heavy (non-hydrogen) atoms. The number of nitrogens with one attached hydrogen (secondary N) is 2. The Balaban J connectivity index is 1.70. The van der Waals surface area contributed by atoms with Crippen LogP contribution in [0, 0.1) is 22.6 Å². The van der Waals surface area contributed by atoms with Gasteiger partial charge in [-0.3, -0.25) is 4.79 Å². The van der Waals surface area contributed by atoms with Crippen molar-refractivity contribution in [3.05, 3.63) is 58.4 Å². The summed E-state index contributed by atoms with van der Waals surface area (Å²) in [6, 6.07) is 11.3. The van der Waals surface area contributed by atoms with Crippen molar-refractivity contribution in [1.29, 1.82) is 5.26 Å². The molecule has 3 rings (SSSR count). The van der Waals surface area contributed by atoms with Crippen LogP contribution in [0.25, 0.3) is 0 Å². The summed E-state index contributed by atoms with van der Waals surface area (Å²) < 4.78 is 34.6. The highest BCUT2D eigenvalue weighted by molar-refractivity contribution is 7.82. The second-order valence-electron chi connectivity index (χ2n) is 8.01. The van der Waals surface area contributed by atoms with E-state index in [9.17, 15) is 13.4 Å². The van der Waals surface area contributed by atoms with E-state index in [1.165, 1.54) is 12.1 Å². The quantitative estimate of drug-likeness (QED) is 0.531. The van der Waals surface area contributed by atoms with E-state index in [-0.39, 0.29) is 30.4 Å². The van der Waals surface area contributed by atoms with E-state index in [0.717, 1.165) is 18.1 Å². The number of nitriles is 1. The van der Waals surface area contributed by atoms with E-state index in [0.29, 0.717) is 29.6 Å². The molecule has 7 nitrogen and oxygen atoms in total. The van der Waals surface area contributed by atoms with Crippen LogP contribution in [0.3, 0.4) is 0 Å². The number of halogens is 2. The lowest BCUT2D eigenvalue weighted by molar-refractivity contribution is -0.121. The van der Waals surface area contributed by atoms with Gasteiger partial charge in [0.15, 0.2) is 0 Å². The summed E-state index contributed by atoms with van der Waals surface area (Å²) in [4.78, 5) is 12.5. The number of carbonyl (C=O) groups is 1. The fourth-order valence-electron chi connectivity index (χ4n) is 3.54. The SMILES string of the molecule is CCc1ccc(S(=O)N2CC(CNC(=O)CNC)(COc3ccc(C#N)c(F)c3)C2)c(Cl)c1. The summed E-state index contributed by atoms with van der Waals surface area (Å²) in [7, 11) is 0.221. The van der Waals surface area contributed by atoms with Gasteiger partial charge in [-0.2, -0.15) is 5.26 Å². The van der Waals surface area contributed by atoms with Gasteiger partial charge in [-0.25, -0.2) is 12.9 Å². The Hall–Kier alpha value is -2.51. The van der Waals surface area contributed by atoms with Gasteiger partial charge < -0.3 is 15.4 Å². The monoisotopic (exact) mass is 492 g/mol. The minimum Gasteiger partial charge on any atom is -0.493 e. The molecule has 1 unspecified atom stereocenters.